The summed E-state index contributed by atoms with van der Waals surface area (Å²) in [4.78, 5) is 0. The number of hydrogen-bond donors (Lipinski definition) is 0. The number of fused-ring (bicyclic) bond motifs is 1. The molecule has 2 rings (SSSR count). The molecule has 2 fully saturated rings. The van der Waals surface area contributed by atoms with Crippen LogP contribution in [0.2, 0.25) is 0 Å². The third-order valence-corrected chi connectivity index (χ3v) is 5.24. The zero-order valence-electron chi connectivity index (χ0n) is 12.0. The molecule has 98 valence electrons. The summed E-state index contributed by atoms with van der Waals surface area (Å²) in [5.74, 6) is 2.68. The Morgan fingerprint density at radius 3 is 2.82 bits per heavy atom. The lowest BCUT2D eigenvalue weighted by Gasteiger charge is -2.42. The molecule has 0 aromatic heterocycles. The topological polar surface area (TPSA) is 14.1 Å². The van der Waals surface area contributed by atoms with Gasteiger partial charge in [0.25, 0.3) is 0 Å². The molecule has 0 aliphatic heterocycles. The summed E-state index contributed by atoms with van der Waals surface area (Å²) in [5, 5.41) is 4.25. The van der Waals surface area contributed by atoms with E-state index in [4.69, 9.17) is 0 Å². The molecule has 0 aromatic carbocycles. The maximum atomic E-state index is 4.25. The van der Waals surface area contributed by atoms with Crippen molar-refractivity contribution in [3.8, 4) is 0 Å². The molecule has 0 saturated heterocycles. The van der Waals surface area contributed by atoms with E-state index >= 15 is 0 Å². The average Bonchev–Trinajstić information content (AvgIpc) is 2.57. The predicted octanol–water partition coefficient (Wildman–Crippen LogP) is 4.79. The largest absolute Gasteiger partial charge is 0.662 e. The van der Waals surface area contributed by atoms with Gasteiger partial charge < -0.3 is 5.32 Å². The van der Waals surface area contributed by atoms with Crippen LogP contribution in [-0.4, -0.2) is 13.6 Å². The van der Waals surface area contributed by atoms with Crippen LogP contribution in [0, 0.1) is 23.2 Å². The third-order valence-electron chi connectivity index (χ3n) is 5.24. The molecule has 0 bridgehead atoms. The molecule has 2 aliphatic carbocycles. The van der Waals surface area contributed by atoms with Crippen LogP contribution in [0.25, 0.3) is 5.32 Å². The highest BCUT2D eigenvalue weighted by atomic mass is 14.8. The molecule has 2 aliphatic rings. The van der Waals surface area contributed by atoms with Crippen molar-refractivity contribution >= 4 is 0 Å². The lowest BCUT2D eigenvalue weighted by Crippen LogP contribution is -2.34. The van der Waals surface area contributed by atoms with Crippen LogP contribution in [0.5, 0.6) is 0 Å². The van der Waals surface area contributed by atoms with Gasteiger partial charge in [-0.15, -0.1) is 6.54 Å². The second-order valence-corrected chi connectivity index (χ2v) is 6.74. The van der Waals surface area contributed by atoms with Gasteiger partial charge in [-0.25, -0.2) is 0 Å². The van der Waals surface area contributed by atoms with E-state index in [1.165, 1.54) is 37.7 Å². The molecule has 0 N–H and O–H groups in total. The van der Waals surface area contributed by atoms with E-state index in [1.54, 1.807) is 0 Å². The molecule has 17 heavy (non-hydrogen) atoms. The van der Waals surface area contributed by atoms with Gasteiger partial charge in [0.05, 0.1) is 0 Å². The Morgan fingerprint density at radius 2 is 2.12 bits per heavy atom. The summed E-state index contributed by atoms with van der Waals surface area (Å²) < 4.78 is 0. The van der Waals surface area contributed by atoms with E-state index in [1.807, 2.05) is 7.05 Å². The van der Waals surface area contributed by atoms with Crippen LogP contribution in [0.4, 0.5) is 0 Å². The summed E-state index contributed by atoms with van der Waals surface area (Å²) in [6, 6.07) is 0. The quantitative estimate of drug-likeness (QED) is 0.623. The molecule has 0 heterocycles. The van der Waals surface area contributed by atoms with Gasteiger partial charge in [0.15, 0.2) is 0 Å². The minimum absolute atomic E-state index is 0.641. The first kappa shape index (κ1) is 13.1. The van der Waals surface area contributed by atoms with Gasteiger partial charge in [-0.3, -0.25) is 0 Å². The van der Waals surface area contributed by atoms with Crippen LogP contribution in [0.1, 0.15) is 52.9 Å². The first-order chi connectivity index (χ1) is 8.07. The first-order valence-corrected chi connectivity index (χ1v) is 7.30. The Hall–Kier alpha value is -0.300. The summed E-state index contributed by atoms with van der Waals surface area (Å²) in [6.07, 6.45) is 9.76. The van der Waals surface area contributed by atoms with Crippen molar-refractivity contribution in [2.75, 3.05) is 13.6 Å². The Balaban J connectivity index is 2.12. The van der Waals surface area contributed by atoms with Crippen LogP contribution >= 0.6 is 0 Å². The van der Waals surface area contributed by atoms with Gasteiger partial charge in [0.2, 0.25) is 0 Å². The number of likely N-dealkylation sites (N-methyl/N-ethyl adjacent to an activating group) is 1. The zero-order valence-corrected chi connectivity index (χ0v) is 12.0. The fourth-order valence-electron chi connectivity index (χ4n) is 4.62. The van der Waals surface area contributed by atoms with Gasteiger partial charge in [-0.2, -0.15) is 7.05 Å². The van der Waals surface area contributed by atoms with Crippen molar-refractivity contribution in [3.63, 3.8) is 0 Å². The van der Waals surface area contributed by atoms with Crippen molar-refractivity contribution in [2.45, 2.75) is 52.9 Å². The van der Waals surface area contributed by atoms with Crippen LogP contribution in [-0.2, 0) is 0 Å². The van der Waals surface area contributed by atoms with Crippen LogP contribution < -0.4 is 0 Å². The predicted molar refractivity (Wildman–Crippen MR) is 75.2 cm³/mol. The SMILES string of the molecule is C[N-]C/C(C)=C\[C@H]1CC[C@@]2(C)CCC[C@@H](C)[C@H]12. The minimum atomic E-state index is 0.641. The third kappa shape index (κ3) is 2.59. The summed E-state index contributed by atoms with van der Waals surface area (Å²) >= 11 is 0. The van der Waals surface area contributed by atoms with E-state index in [-0.39, 0.29) is 0 Å². The van der Waals surface area contributed by atoms with Crippen molar-refractivity contribution in [2.24, 2.45) is 23.2 Å². The van der Waals surface area contributed by atoms with E-state index in [2.05, 4.69) is 32.2 Å². The maximum Gasteiger partial charge on any atom is -0.0195 e. The standard InChI is InChI=1S/C16H28N/c1-12(11-17-4)10-14-7-9-16(3)8-5-6-13(2)15(14)16/h10,13-15H,5-9,11H2,1-4H3/q-1/b12-10-/t13-,14-,15-,16-/m1/s1. The maximum absolute atomic E-state index is 4.25. The number of hydrogen-bond acceptors (Lipinski definition) is 0. The lowest BCUT2D eigenvalue weighted by atomic mass is 9.63. The second-order valence-electron chi connectivity index (χ2n) is 6.74. The summed E-state index contributed by atoms with van der Waals surface area (Å²) in [7, 11) is 1.92. The van der Waals surface area contributed by atoms with E-state index < -0.39 is 0 Å². The molecule has 0 amide bonds. The van der Waals surface area contributed by atoms with Gasteiger partial charge in [-0.05, 0) is 49.4 Å². The van der Waals surface area contributed by atoms with E-state index in [0.29, 0.717) is 5.41 Å². The molecule has 0 radical (unpaired) electrons. The highest BCUT2D eigenvalue weighted by Crippen LogP contribution is 2.57. The highest BCUT2D eigenvalue weighted by Gasteiger charge is 2.48. The second kappa shape index (κ2) is 5.14. The summed E-state index contributed by atoms with van der Waals surface area (Å²) in [6.45, 7) is 8.19. The molecule has 1 nitrogen and oxygen atoms in total. The van der Waals surface area contributed by atoms with Crippen molar-refractivity contribution in [1.29, 1.82) is 0 Å². The van der Waals surface area contributed by atoms with Gasteiger partial charge in [-0.1, -0.05) is 38.3 Å². The Bertz CT molecular complexity index is 294. The Labute approximate surface area is 107 Å². The highest BCUT2D eigenvalue weighted by molar-refractivity contribution is 5.13. The summed E-state index contributed by atoms with van der Waals surface area (Å²) in [5.41, 5.74) is 2.11. The van der Waals surface area contributed by atoms with Crippen LogP contribution in [0.15, 0.2) is 11.6 Å². The van der Waals surface area contributed by atoms with Crippen molar-refractivity contribution in [1.82, 2.24) is 0 Å². The minimum Gasteiger partial charge on any atom is -0.662 e. The molecular formula is C16H28N-. The monoisotopic (exact) mass is 234 g/mol. The van der Waals surface area contributed by atoms with Gasteiger partial charge in [0, 0.05) is 0 Å². The molecule has 2 saturated carbocycles. The normalized spacial score (nSPS) is 42.6. The van der Waals surface area contributed by atoms with Gasteiger partial charge in [0.1, 0.15) is 0 Å². The molecular weight excluding hydrogens is 206 g/mol. The van der Waals surface area contributed by atoms with Crippen LogP contribution in [0.3, 0.4) is 0 Å². The first-order valence-electron chi connectivity index (χ1n) is 7.30. The fourth-order valence-corrected chi connectivity index (χ4v) is 4.62. The number of allylic oxidation sites excluding steroid dienone is 1. The molecule has 0 spiro atoms. The lowest BCUT2D eigenvalue weighted by molar-refractivity contribution is 0.0822. The van der Waals surface area contributed by atoms with E-state index in [9.17, 15) is 0 Å². The van der Waals surface area contributed by atoms with E-state index in [0.717, 1.165) is 24.3 Å². The Kier molecular flexibility index (Phi) is 3.97. The zero-order chi connectivity index (χ0) is 12.5. The number of rotatable bonds is 3. The average molecular weight is 234 g/mol. The van der Waals surface area contributed by atoms with Crippen molar-refractivity contribution in [3.05, 3.63) is 17.0 Å². The fraction of sp³-hybridized carbons (Fsp3) is 0.875. The molecule has 1 heteroatoms. The number of nitrogens with zero attached hydrogens (tertiary/aromatic N) is 1. The van der Waals surface area contributed by atoms with Gasteiger partial charge >= 0.3 is 0 Å². The molecule has 4 atom stereocenters. The Morgan fingerprint density at radius 1 is 1.35 bits per heavy atom. The molecule has 0 aromatic rings. The van der Waals surface area contributed by atoms with Crippen molar-refractivity contribution < 1.29 is 0 Å². The smallest absolute Gasteiger partial charge is 0.0195 e. The molecule has 0 unspecified atom stereocenters.